The summed E-state index contributed by atoms with van der Waals surface area (Å²) in [6.45, 7) is 1.89. The van der Waals surface area contributed by atoms with E-state index in [-0.39, 0.29) is 5.60 Å². The van der Waals surface area contributed by atoms with Crippen LogP contribution in [-0.2, 0) is 11.3 Å². The first-order chi connectivity index (χ1) is 8.36. The van der Waals surface area contributed by atoms with Crippen LogP contribution >= 0.6 is 11.3 Å². The Hall–Kier alpha value is -0.450. The molecule has 0 amide bonds. The van der Waals surface area contributed by atoms with Gasteiger partial charge in [0.2, 0.25) is 0 Å². The lowest BCUT2D eigenvalue weighted by Crippen LogP contribution is -2.45. The molecule has 1 saturated carbocycles. The van der Waals surface area contributed by atoms with Crippen LogP contribution in [0.3, 0.4) is 0 Å². The third-order valence-electron chi connectivity index (χ3n) is 4.06. The van der Waals surface area contributed by atoms with Crippen LogP contribution in [0.4, 0.5) is 0 Å². The number of ether oxygens (including phenoxy) is 1. The largest absolute Gasteiger partial charge is 0.375 e. The van der Waals surface area contributed by atoms with Crippen LogP contribution in [0.2, 0.25) is 0 Å². The Labute approximate surface area is 107 Å². The number of hydrogen-bond donors (Lipinski definition) is 1. The van der Waals surface area contributed by atoms with Crippen LogP contribution in [0.5, 0.6) is 0 Å². The molecule has 1 unspecified atom stereocenters. The van der Waals surface area contributed by atoms with Crippen molar-refractivity contribution >= 4 is 11.3 Å². The molecule has 1 atom stereocenters. The Morgan fingerprint density at radius 2 is 2.35 bits per heavy atom. The Morgan fingerprint density at radius 3 is 3.12 bits per heavy atom. The maximum atomic E-state index is 6.04. The molecule has 0 bridgehead atoms. The van der Waals surface area contributed by atoms with Crippen LogP contribution in [0.1, 0.15) is 43.4 Å². The van der Waals surface area contributed by atoms with Crippen LogP contribution < -0.4 is 5.32 Å². The van der Waals surface area contributed by atoms with Crippen molar-refractivity contribution in [3.63, 3.8) is 0 Å². The lowest BCUT2D eigenvalue weighted by Gasteiger charge is -2.38. The molecule has 1 N–H and O–H groups in total. The first kappa shape index (κ1) is 11.6. The van der Waals surface area contributed by atoms with Gasteiger partial charge in [-0.15, -0.1) is 11.3 Å². The molecule has 3 nitrogen and oxygen atoms in total. The second kappa shape index (κ2) is 5.04. The summed E-state index contributed by atoms with van der Waals surface area (Å²) in [5, 5.41) is 3.67. The number of thiazole rings is 1. The van der Waals surface area contributed by atoms with E-state index in [0.717, 1.165) is 19.6 Å². The smallest absolute Gasteiger partial charge is 0.0794 e. The molecule has 1 spiro atoms. The fourth-order valence-electron chi connectivity index (χ4n) is 3.14. The predicted molar refractivity (Wildman–Crippen MR) is 69.1 cm³/mol. The summed E-state index contributed by atoms with van der Waals surface area (Å²) in [6, 6.07) is 0.629. The lowest BCUT2D eigenvalue weighted by atomic mass is 9.89. The first-order valence-corrected chi connectivity index (χ1v) is 7.49. The third-order valence-corrected chi connectivity index (χ3v) is 4.84. The maximum Gasteiger partial charge on any atom is 0.0794 e. The fourth-order valence-corrected chi connectivity index (χ4v) is 3.69. The van der Waals surface area contributed by atoms with Gasteiger partial charge in [0.15, 0.2) is 0 Å². The lowest BCUT2D eigenvalue weighted by molar-refractivity contribution is -0.0837. The van der Waals surface area contributed by atoms with Gasteiger partial charge in [-0.1, -0.05) is 12.8 Å². The molecule has 2 fully saturated rings. The number of rotatable bonds is 3. The van der Waals surface area contributed by atoms with Gasteiger partial charge in [0.05, 0.1) is 11.1 Å². The molecule has 1 aliphatic carbocycles. The number of nitrogens with one attached hydrogen (secondary N) is 1. The Balaban J connectivity index is 1.53. The zero-order chi connectivity index (χ0) is 11.6. The van der Waals surface area contributed by atoms with Gasteiger partial charge < -0.3 is 10.1 Å². The van der Waals surface area contributed by atoms with E-state index in [9.17, 15) is 0 Å². The van der Waals surface area contributed by atoms with Crippen molar-refractivity contribution in [2.45, 2.75) is 56.7 Å². The van der Waals surface area contributed by atoms with E-state index in [0.29, 0.717) is 6.04 Å². The van der Waals surface area contributed by atoms with Crippen LogP contribution in [-0.4, -0.2) is 23.2 Å². The molecule has 1 aromatic rings. The van der Waals surface area contributed by atoms with Gasteiger partial charge in [0, 0.05) is 30.3 Å². The summed E-state index contributed by atoms with van der Waals surface area (Å²) in [7, 11) is 0. The van der Waals surface area contributed by atoms with Crippen LogP contribution in [0, 0.1) is 0 Å². The van der Waals surface area contributed by atoms with Gasteiger partial charge in [-0.25, -0.2) is 0 Å². The third kappa shape index (κ3) is 2.69. The van der Waals surface area contributed by atoms with Crippen LogP contribution in [0.25, 0.3) is 0 Å². The highest BCUT2D eigenvalue weighted by molar-refractivity contribution is 7.09. The minimum Gasteiger partial charge on any atom is -0.375 e. The molecule has 0 radical (unpaired) electrons. The van der Waals surface area contributed by atoms with Gasteiger partial charge >= 0.3 is 0 Å². The molecular formula is C13H20N2OS. The minimum absolute atomic E-state index is 0.226. The van der Waals surface area contributed by atoms with E-state index in [1.807, 2.05) is 11.7 Å². The molecule has 1 saturated heterocycles. The van der Waals surface area contributed by atoms with E-state index >= 15 is 0 Å². The van der Waals surface area contributed by atoms with Crippen molar-refractivity contribution in [1.29, 1.82) is 0 Å². The summed E-state index contributed by atoms with van der Waals surface area (Å²) in [5.41, 5.74) is 2.13. The summed E-state index contributed by atoms with van der Waals surface area (Å²) in [6.07, 6.45) is 9.55. The average Bonchev–Trinajstić information content (AvgIpc) is 2.99. The summed E-state index contributed by atoms with van der Waals surface area (Å²) in [5.74, 6) is 0. The van der Waals surface area contributed by atoms with Gasteiger partial charge in [0.1, 0.15) is 0 Å². The molecule has 0 aromatic carbocycles. The molecule has 94 valence electrons. The number of nitrogens with zero attached hydrogens (tertiary/aromatic N) is 1. The molecule has 4 heteroatoms. The van der Waals surface area contributed by atoms with Crippen molar-refractivity contribution in [2.24, 2.45) is 0 Å². The second-order valence-electron chi connectivity index (χ2n) is 5.28. The molecule has 2 aliphatic rings. The highest BCUT2D eigenvalue weighted by Gasteiger charge is 2.39. The van der Waals surface area contributed by atoms with Crippen molar-refractivity contribution in [3.8, 4) is 0 Å². The monoisotopic (exact) mass is 252 g/mol. The minimum atomic E-state index is 0.226. The first-order valence-electron chi connectivity index (χ1n) is 6.61. The molecule has 17 heavy (non-hydrogen) atoms. The summed E-state index contributed by atoms with van der Waals surface area (Å²) < 4.78 is 6.04. The molecule has 2 heterocycles. The zero-order valence-corrected chi connectivity index (χ0v) is 11.0. The van der Waals surface area contributed by atoms with E-state index in [1.54, 1.807) is 11.3 Å². The Kier molecular flexibility index (Phi) is 3.45. The van der Waals surface area contributed by atoms with E-state index in [4.69, 9.17) is 4.74 Å². The number of aromatic nitrogens is 1. The van der Waals surface area contributed by atoms with Crippen LogP contribution in [0.15, 0.2) is 11.7 Å². The molecule has 1 aliphatic heterocycles. The summed E-state index contributed by atoms with van der Waals surface area (Å²) >= 11 is 1.73. The average molecular weight is 252 g/mol. The highest BCUT2D eigenvalue weighted by Crippen LogP contribution is 2.39. The Morgan fingerprint density at radius 1 is 1.47 bits per heavy atom. The van der Waals surface area contributed by atoms with Gasteiger partial charge in [-0.2, -0.15) is 0 Å². The standard InChI is InChI=1S/C13H20N2OS/c1-2-5-13(4-1)7-11(3-6-16-13)15-9-12-8-14-10-17-12/h8,10-11,15H,1-7,9H2. The van der Waals surface area contributed by atoms with E-state index < -0.39 is 0 Å². The maximum absolute atomic E-state index is 6.04. The SMILES string of the molecule is c1ncc(CNC2CCOC3(CCCC3)C2)s1. The van der Waals surface area contributed by atoms with E-state index in [2.05, 4.69) is 10.3 Å². The zero-order valence-electron chi connectivity index (χ0n) is 10.2. The second-order valence-corrected chi connectivity index (χ2v) is 6.25. The summed E-state index contributed by atoms with van der Waals surface area (Å²) in [4.78, 5) is 5.44. The molecular weight excluding hydrogens is 232 g/mol. The molecule has 3 rings (SSSR count). The normalized spacial score (nSPS) is 27.6. The topological polar surface area (TPSA) is 34.2 Å². The van der Waals surface area contributed by atoms with Gasteiger partial charge in [-0.05, 0) is 25.7 Å². The van der Waals surface area contributed by atoms with Crippen molar-refractivity contribution in [2.75, 3.05) is 6.61 Å². The quantitative estimate of drug-likeness (QED) is 0.898. The van der Waals surface area contributed by atoms with Gasteiger partial charge in [-0.3, -0.25) is 4.98 Å². The van der Waals surface area contributed by atoms with Crippen molar-refractivity contribution in [1.82, 2.24) is 10.3 Å². The highest BCUT2D eigenvalue weighted by atomic mass is 32.1. The fraction of sp³-hybridized carbons (Fsp3) is 0.769. The van der Waals surface area contributed by atoms with Crippen molar-refractivity contribution in [3.05, 3.63) is 16.6 Å². The van der Waals surface area contributed by atoms with Crippen molar-refractivity contribution < 1.29 is 4.74 Å². The molecule has 1 aromatic heterocycles. The number of hydrogen-bond acceptors (Lipinski definition) is 4. The van der Waals surface area contributed by atoms with Gasteiger partial charge in [0.25, 0.3) is 0 Å². The predicted octanol–water partition coefficient (Wildman–Crippen LogP) is 2.72. The Bertz CT molecular complexity index is 346. The van der Waals surface area contributed by atoms with E-state index in [1.165, 1.54) is 37.0 Å².